The number of benzene rings is 1. The highest BCUT2D eigenvalue weighted by molar-refractivity contribution is 5.47. The van der Waals surface area contributed by atoms with Crippen LogP contribution in [0.3, 0.4) is 0 Å². The molecule has 22 heavy (non-hydrogen) atoms. The van der Waals surface area contributed by atoms with Crippen LogP contribution in [0.4, 0.5) is 17.6 Å². The molecular weight excluding hydrogens is 304 g/mol. The highest BCUT2D eigenvalue weighted by Gasteiger charge is 2.56. The van der Waals surface area contributed by atoms with Crippen molar-refractivity contribution in [2.75, 3.05) is 13.2 Å². The minimum atomic E-state index is -4.96. The Morgan fingerprint density at radius 2 is 1.86 bits per heavy atom. The second-order valence-electron chi connectivity index (χ2n) is 6.25. The minimum absolute atomic E-state index is 0.0603. The summed E-state index contributed by atoms with van der Waals surface area (Å²) in [5.41, 5.74) is -3.33. The Balaban J connectivity index is 2.42. The first kappa shape index (κ1) is 17.0. The molecule has 7 heteroatoms. The molecule has 2 rings (SSSR count). The van der Waals surface area contributed by atoms with Crippen LogP contribution in [-0.2, 0) is 11.8 Å². The minimum Gasteiger partial charge on any atom is -0.490 e. The molecule has 124 valence electrons. The third kappa shape index (κ3) is 2.79. The second-order valence-corrected chi connectivity index (χ2v) is 6.25. The van der Waals surface area contributed by atoms with E-state index in [1.165, 1.54) is 19.9 Å². The van der Waals surface area contributed by atoms with Crippen LogP contribution in [0.15, 0.2) is 12.1 Å². The summed E-state index contributed by atoms with van der Waals surface area (Å²) in [5, 5.41) is 18.8. The molecule has 1 aliphatic rings. The zero-order valence-corrected chi connectivity index (χ0v) is 12.3. The van der Waals surface area contributed by atoms with Gasteiger partial charge in [-0.15, -0.1) is 0 Å². The Kier molecular flexibility index (Phi) is 4.16. The Labute approximate surface area is 125 Å². The number of halogens is 4. The van der Waals surface area contributed by atoms with Crippen LogP contribution in [0.5, 0.6) is 5.75 Å². The Morgan fingerprint density at radius 3 is 2.41 bits per heavy atom. The number of ether oxygens (including phenoxy) is 1. The molecule has 0 radical (unpaired) electrons. The molecule has 1 aromatic rings. The molecule has 0 bridgehead atoms. The van der Waals surface area contributed by atoms with Crippen molar-refractivity contribution in [2.45, 2.75) is 43.9 Å². The van der Waals surface area contributed by atoms with Crippen LogP contribution >= 0.6 is 0 Å². The third-order valence-corrected chi connectivity index (χ3v) is 4.06. The van der Waals surface area contributed by atoms with Crippen molar-refractivity contribution >= 4 is 0 Å². The van der Waals surface area contributed by atoms with Gasteiger partial charge in [0.2, 0.25) is 0 Å². The van der Waals surface area contributed by atoms with Gasteiger partial charge in [0.15, 0.2) is 17.2 Å². The van der Waals surface area contributed by atoms with Crippen molar-refractivity contribution < 1.29 is 32.5 Å². The van der Waals surface area contributed by atoms with Crippen molar-refractivity contribution in [2.24, 2.45) is 0 Å². The largest absolute Gasteiger partial charge is 0.490 e. The first-order chi connectivity index (χ1) is 10.0. The predicted molar refractivity (Wildman–Crippen MR) is 71.3 cm³/mol. The van der Waals surface area contributed by atoms with E-state index >= 15 is 0 Å². The molecule has 1 heterocycles. The van der Waals surface area contributed by atoms with E-state index in [-0.39, 0.29) is 12.4 Å². The van der Waals surface area contributed by atoms with Crippen LogP contribution in [0, 0.1) is 5.82 Å². The normalized spacial score (nSPS) is 17.8. The molecule has 0 aromatic heterocycles. The van der Waals surface area contributed by atoms with E-state index in [0.717, 1.165) is 6.07 Å². The lowest BCUT2D eigenvalue weighted by Gasteiger charge is -2.37. The summed E-state index contributed by atoms with van der Waals surface area (Å²) >= 11 is 0. The molecule has 0 saturated carbocycles. The summed E-state index contributed by atoms with van der Waals surface area (Å²) in [7, 11) is 0. The van der Waals surface area contributed by atoms with Crippen LogP contribution in [-0.4, -0.2) is 35.2 Å². The summed E-state index contributed by atoms with van der Waals surface area (Å²) in [5.74, 6) is -0.495. The first-order valence-corrected chi connectivity index (χ1v) is 6.86. The highest BCUT2D eigenvalue weighted by Crippen LogP contribution is 2.44. The van der Waals surface area contributed by atoms with E-state index in [0.29, 0.717) is 17.5 Å². The zero-order chi connectivity index (χ0) is 16.8. The molecule has 1 aromatic carbocycles. The predicted octanol–water partition coefficient (Wildman–Crippen LogP) is 2.71. The maximum absolute atomic E-state index is 13.7. The topological polar surface area (TPSA) is 49.7 Å². The average Bonchev–Trinajstić information content (AvgIpc) is 2.86. The number of aliphatic hydroxyl groups excluding tert-OH is 1. The van der Waals surface area contributed by atoms with Gasteiger partial charge in [-0.25, -0.2) is 4.39 Å². The maximum Gasteiger partial charge on any atom is 0.419 e. The molecule has 0 saturated heterocycles. The second kappa shape index (κ2) is 5.38. The van der Waals surface area contributed by atoms with Gasteiger partial charge < -0.3 is 14.9 Å². The lowest BCUT2D eigenvalue weighted by molar-refractivity contribution is -0.277. The summed E-state index contributed by atoms with van der Waals surface area (Å²) in [6.07, 6.45) is -5.30. The number of hydrogen-bond donors (Lipinski definition) is 2. The summed E-state index contributed by atoms with van der Waals surface area (Å²) in [4.78, 5) is 0. The molecule has 1 aliphatic heterocycles. The molecule has 1 atom stereocenters. The third-order valence-electron chi connectivity index (χ3n) is 4.06. The Hall–Kier alpha value is -1.34. The maximum atomic E-state index is 13.7. The number of hydrogen-bond acceptors (Lipinski definition) is 3. The lowest BCUT2D eigenvalue weighted by Crippen LogP contribution is -2.52. The molecule has 0 aliphatic carbocycles. The fourth-order valence-corrected chi connectivity index (χ4v) is 2.96. The van der Waals surface area contributed by atoms with Gasteiger partial charge in [-0.3, -0.25) is 0 Å². The summed E-state index contributed by atoms with van der Waals surface area (Å²) < 4.78 is 57.8. The highest BCUT2D eigenvalue weighted by atomic mass is 19.4. The molecule has 0 amide bonds. The Bertz CT molecular complexity index is 569. The number of fused-ring (bicyclic) bond motifs is 1. The molecule has 0 fully saturated rings. The van der Waals surface area contributed by atoms with E-state index in [1.54, 1.807) is 0 Å². The number of aliphatic hydroxyl groups is 2. The zero-order valence-electron chi connectivity index (χ0n) is 12.3. The van der Waals surface area contributed by atoms with E-state index in [1.807, 2.05) is 0 Å². The first-order valence-electron chi connectivity index (χ1n) is 6.86. The average molecular weight is 322 g/mol. The van der Waals surface area contributed by atoms with Gasteiger partial charge in [0.05, 0.1) is 13.2 Å². The van der Waals surface area contributed by atoms with Crippen molar-refractivity contribution in [3.05, 3.63) is 29.1 Å². The number of rotatable bonds is 4. The Morgan fingerprint density at radius 1 is 1.23 bits per heavy atom. The van der Waals surface area contributed by atoms with E-state index < -0.39 is 36.0 Å². The van der Waals surface area contributed by atoms with Crippen LogP contribution < -0.4 is 4.74 Å². The monoisotopic (exact) mass is 322 g/mol. The smallest absolute Gasteiger partial charge is 0.419 e. The molecular formula is C15H18F4O3. The fourth-order valence-electron chi connectivity index (χ4n) is 2.96. The standard InChI is InChI=1S/C15H18F4O3/c1-13(2,7-14(21,8-20)15(17,18)19)10-3-4-11(16)12-9(10)5-6-22-12/h3-4,20-21H,5-8H2,1-2H3/t14-/m1/s1. The van der Waals surface area contributed by atoms with Gasteiger partial charge in [0, 0.05) is 12.0 Å². The molecule has 0 spiro atoms. The van der Waals surface area contributed by atoms with E-state index in [9.17, 15) is 22.7 Å². The van der Waals surface area contributed by atoms with E-state index in [4.69, 9.17) is 9.84 Å². The summed E-state index contributed by atoms with van der Waals surface area (Å²) in [6.45, 7) is 1.87. The quantitative estimate of drug-likeness (QED) is 0.838. The van der Waals surface area contributed by atoms with Gasteiger partial charge in [-0.2, -0.15) is 13.2 Å². The fraction of sp³-hybridized carbons (Fsp3) is 0.600. The van der Waals surface area contributed by atoms with Crippen molar-refractivity contribution in [3.63, 3.8) is 0 Å². The van der Waals surface area contributed by atoms with Gasteiger partial charge in [0.25, 0.3) is 0 Å². The van der Waals surface area contributed by atoms with Crippen LogP contribution in [0.25, 0.3) is 0 Å². The van der Waals surface area contributed by atoms with Gasteiger partial charge in [0.1, 0.15) is 0 Å². The van der Waals surface area contributed by atoms with E-state index in [2.05, 4.69) is 0 Å². The van der Waals surface area contributed by atoms with Gasteiger partial charge in [-0.1, -0.05) is 19.9 Å². The van der Waals surface area contributed by atoms with Gasteiger partial charge in [-0.05, 0) is 23.5 Å². The molecule has 3 nitrogen and oxygen atoms in total. The van der Waals surface area contributed by atoms with Crippen molar-refractivity contribution in [3.8, 4) is 5.75 Å². The summed E-state index contributed by atoms with van der Waals surface area (Å²) in [6, 6.07) is 2.56. The lowest BCUT2D eigenvalue weighted by atomic mass is 9.73. The van der Waals surface area contributed by atoms with Crippen LogP contribution in [0.2, 0.25) is 0 Å². The molecule has 0 unspecified atom stereocenters. The van der Waals surface area contributed by atoms with Crippen molar-refractivity contribution in [1.82, 2.24) is 0 Å². The van der Waals surface area contributed by atoms with Gasteiger partial charge >= 0.3 is 6.18 Å². The van der Waals surface area contributed by atoms with Crippen LogP contribution in [0.1, 0.15) is 31.4 Å². The van der Waals surface area contributed by atoms with Crippen molar-refractivity contribution in [1.29, 1.82) is 0 Å². The molecule has 2 N–H and O–H groups in total. The number of alkyl halides is 3. The SMILES string of the molecule is CC(C)(C[C@@](O)(CO)C(F)(F)F)c1ccc(F)c2c1CCO2.